The molecule has 3 atom stereocenters. The molecule has 2 amide bonds. The molecule has 318 valence electrons. The van der Waals surface area contributed by atoms with E-state index in [9.17, 15) is 9.59 Å². The molecule has 0 bridgehead atoms. The van der Waals surface area contributed by atoms with E-state index in [4.69, 9.17) is 14.7 Å². The van der Waals surface area contributed by atoms with Gasteiger partial charge >= 0.3 is 0 Å². The number of rotatable bonds is 13. The summed E-state index contributed by atoms with van der Waals surface area (Å²) in [7, 11) is 7.67. The molecule has 0 unspecified atom stereocenters. The number of carbonyl (C=O) groups excluding carboxylic acids is 2. The molecule has 0 spiro atoms. The molecule has 61 heavy (non-hydrogen) atoms. The largest absolute Gasteiger partial charge is 0.372 e. The number of likely N-dealkylation sites (N-methyl/N-ethyl adjacent to an activating group) is 1. The zero-order valence-corrected chi connectivity index (χ0v) is 36.0. The van der Waals surface area contributed by atoms with E-state index in [0.717, 1.165) is 95.2 Å². The molecule has 11 heteroatoms. The number of benzene rings is 4. The van der Waals surface area contributed by atoms with E-state index in [1.54, 1.807) is 0 Å². The summed E-state index contributed by atoms with van der Waals surface area (Å²) in [6.45, 7) is 8.47. The molecule has 2 saturated heterocycles. The predicted octanol–water partition coefficient (Wildman–Crippen LogP) is 8.69. The molecule has 8 rings (SSSR count). The number of hydrogen-bond acceptors (Lipinski definition) is 7. The number of aromatic nitrogens is 4. The zero-order valence-electron chi connectivity index (χ0n) is 36.0. The van der Waals surface area contributed by atoms with Crippen LogP contribution >= 0.6 is 0 Å². The third kappa shape index (κ3) is 11.2. The van der Waals surface area contributed by atoms with Gasteiger partial charge in [0, 0.05) is 13.1 Å². The van der Waals surface area contributed by atoms with Gasteiger partial charge < -0.3 is 29.8 Å². The van der Waals surface area contributed by atoms with Crippen LogP contribution in [0.5, 0.6) is 0 Å². The zero-order chi connectivity index (χ0) is 43.1. The highest BCUT2D eigenvalue weighted by Gasteiger charge is 2.37. The highest BCUT2D eigenvalue weighted by molar-refractivity contribution is 5.84. The Balaban J connectivity index is 0.00000119. The number of imidazole rings is 2. The Labute approximate surface area is 360 Å². The van der Waals surface area contributed by atoms with Crippen LogP contribution in [0.3, 0.4) is 0 Å². The summed E-state index contributed by atoms with van der Waals surface area (Å²) in [5, 5.41) is 2.75. The number of nitrogens with zero attached hydrogens (tertiary/aromatic N) is 5. The van der Waals surface area contributed by atoms with Gasteiger partial charge in [-0.05, 0) is 87.3 Å². The fourth-order valence-electron chi connectivity index (χ4n) is 8.14. The first kappa shape index (κ1) is 44.4. The van der Waals surface area contributed by atoms with Gasteiger partial charge in [-0.1, -0.05) is 109 Å². The molecular weight excluding hydrogens is 761 g/mol. The number of H-pyrrole nitrogens is 2. The minimum absolute atomic E-state index is 0.0274. The normalized spacial score (nSPS) is 16.4. The molecular formula is C50H60N8O3. The number of nitrogens with one attached hydrogen (secondary N) is 3. The van der Waals surface area contributed by atoms with E-state index < -0.39 is 0 Å². The van der Waals surface area contributed by atoms with Crippen molar-refractivity contribution in [2.45, 2.75) is 63.4 Å². The molecule has 4 aromatic carbocycles. The van der Waals surface area contributed by atoms with Gasteiger partial charge in [0.25, 0.3) is 0 Å². The summed E-state index contributed by atoms with van der Waals surface area (Å²) >= 11 is 0. The Morgan fingerprint density at radius 3 is 1.66 bits per heavy atom. The number of amides is 2. The second-order valence-corrected chi connectivity index (χ2v) is 15.6. The number of likely N-dealkylation sites (tertiary alicyclic amines) is 2. The number of carbonyl (C=O) groups is 2. The van der Waals surface area contributed by atoms with Gasteiger partial charge in [0.15, 0.2) is 0 Å². The lowest BCUT2D eigenvalue weighted by Gasteiger charge is -2.31. The number of hydrogen-bond donors (Lipinski definition) is 3. The molecule has 2 aliphatic heterocycles. The Morgan fingerprint density at radius 1 is 0.705 bits per heavy atom. The maximum absolute atomic E-state index is 13.9. The fourth-order valence-corrected chi connectivity index (χ4v) is 8.14. The Kier molecular flexibility index (Phi) is 16.0. The third-order valence-corrected chi connectivity index (χ3v) is 11.1. The van der Waals surface area contributed by atoms with Crippen LogP contribution in [0.25, 0.3) is 22.5 Å². The highest BCUT2D eigenvalue weighted by atomic mass is 16.5. The van der Waals surface area contributed by atoms with E-state index in [1.165, 1.54) is 0 Å². The first-order valence-corrected chi connectivity index (χ1v) is 21.1. The summed E-state index contributed by atoms with van der Waals surface area (Å²) in [5.41, 5.74) is 8.15. The third-order valence-electron chi connectivity index (χ3n) is 11.1. The van der Waals surface area contributed by atoms with Crippen molar-refractivity contribution in [3.63, 3.8) is 0 Å². The molecule has 11 nitrogen and oxygen atoms in total. The second kappa shape index (κ2) is 21.9. The van der Waals surface area contributed by atoms with Gasteiger partial charge in [-0.25, -0.2) is 9.97 Å². The van der Waals surface area contributed by atoms with Crippen molar-refractivity contribution in [2.75, 3.05) is 41.3 Å². The Morgan fingerprint density at radius 2 is 1.16 bits per heavy atom. The maximum atomic E-state index is 13.9. The van der Waals surface area contributed by atoms with Crippen LogP contribution < -0.4 is 5.32 Å². The van der Waals surface area contributed by atoms with Gasteiger partial charge in [0.2, 0.25) is 11.8 Å². The average molecular weight is 821 g/mol. The van der Waals surface area contributed by atoms with Crippen LogP contribution in [0.4, 0.5) is 0 Å². The Bertz CT molecular complexity index is 2250. The molecule has 0 radical (unpaired) electrons. The molecule has 2 aliphatic rings. The standard InChI is InChI=1S/C46H49N7O3.C2H7N.C2H4/c1-51(2)43(37-13-7-4-8-14-37)46(55)53-26-10-16-41(53)45-48-29-39(50-45)36-23-19-34(20-24-36)31-56-30-33-17-21-35(22-18-33)38-28-47-44(49-38)40-15-9-25-52(40)42(54)27-32-11-5-3-6-12-32;1-3-2;1-2/h3-8,11-14,17-24,28-29,40-41,43H,9-10,15-16,25-27,30-31H2,1-2H3,(H,47,49)(H,48,50);3H,1-2H3;1-2H2/t40-,41-,43+;;/m0../s1. The van der Waals surface area contributed by atoms with Crippen LogP contribution in [0, 0.1) is 0 Å². The van der Waals surface area contributed by atoms with E-state index in [1.807, 2.05) is 116 Å². The van der Waals surface area contributed by atoms with Crippen LogP contribution in [-0.2, 0) is 34.0 Å². The summed E-state index contributed by atoms with van der Waals surface area (Å²) < 4.78 is 6.10. The molecule has 6 aromatic rings. The molecule has 2 aromatic heterocycles. The topological polar surface area (TPSA) is 122 Å². The molecule has 0 aliphatic carbocycles. The lowest BCUT2D eigenvalue weighted by Crippen LogP contribution is -2.40. The van der Waals surface area contributed by atoms with Gasteiger partial charge in [0.05, 0.1) is 55.5 Å². The monoisotopic (exact) mass is 820 g/mol. The molecule has 3 N–H and O–H groups in total. The van der Waals surface area contributed by atoms with Gasteiger partial charge in [-0.15, -0.1) is 13.2 Å². The van der Waals surface area contributed by atoms with E-state index in [-0.39, 0.29) is 29.9 Å². The lowest BCUT2D eigenvalue weighted by molar-refractivity contribution is -0.137. The van der Waals surface area contributed by atoms with Crippen molar-refractivity contribution in [2.24, 2.45) is 0 Å². The first-order valence-electron chi connectivity index (χ1n) is 21.1. The summed E-state index contributed by atoms with van der Waals surface area (Å²) in [6, 6.07) is 36.1. The summed E-state index contributed by atoms with van der Waals surface area (Å²) in [5.74, 6) is 1.92. The fraction of sp³-hybridized carbons (Fsp3) is 0.320. The van der Waals surface area contributed by atoms with Crippen molar-refractivity contribution in [3.8, 4) is 22.5 Å². The molecule has 0 saturated carbocycles. The van der Waals surface area contributed by atoms with Crippen LogP contribution in [0.15, 0.2) is 135 Å². The van der Waals surface area contributed by atoms with Crippen LogP contribution in [0.1, 0.15) is 77.7 Å². The van der Waals surface area contributed by atoms with E-state index in [0.29, 0.717) is 19.6 Å². The van der Waals surface area contributed by atoms with Gasteiger partial charge in [-0.2, -0.15) is 0 Å². The van der Waals surface area contributed by atoms with E-state index in [2.05, 4.69) is 77.0 Å². The van der Waals surface area contributed by atoms with Gasteiger partial charge in [0.1, 0.15) is 17.7 Å². The average Bonchev–Trinajstić information content (AvgIpc) is 4.14. The number of aromatic amines is 2. The SMILES string of the molecule is C=C.CN(C)[C@@H](C(=O)N1CCC[C@H]1c1ncc(-c2ccc(COCc3ccc(-c4cnc([C@@H]5CCCN5C(=O)Cc5ccccc5)[nH]4)cc3)cc2)[nH]1)c1ccccc1.CNC. The molecule has 2 fully saturated rings. The first-order chi connectivity index (χ1) is 29.8. The van der Waals surface area contributed by atoms with Crippen molar-refractivity contribution in [3.05, 3.63) is 169 Å². The molecule has 4 heterocycles. The summed E-state index contributed by atoms with van der Waals surface area (Å²) in [4.78, 5) is 49.4. The van der Waals surface area contributed by atoms with Crippen LogP contribution in [0.2, 0.25) is 0 Å². The summed E-state index contributed by atoms with van der Waals surface area (Å²) in [6.07, 6.45) is 7.86. The van der Waals surface area contributed by atoms with E-state index >= 15 is 0 Å². The quantitative estimate of drug-likeness (QED) is 0.0998. The minimum Gasteiger partial charge on any atom is -0.372 e. The van der Waals surface area contributed by atoms with Crippen molar-refractivity contribution >= 4 is 11.8 Å². The van der Waals surface area contributed by atoms with Crippen molar-refractivity contribution in [1.82, 2.24) is 40.0 Å². The number of ether oxygens (including phenoxy) is 1. The second-order valence-electron chi connectivity index (χ2n) is 15.6. The predicted molar refractivity (Wildman–Crippen MR) is 243 cm³/mol. The van der Waals surface area contributed by atoms with Crippen LogP contribution in [-0.4, -0.2) is 87.7 Å². The van der Waals surface area contributed by atoms with Gasteiger partial charge in [-0.3, -0.25) is 14.5 Å². The maximum Gasteiger partial charge on any atom is 0.245 e. The van der Waals surface area contributed by atoms with Crippen molar-refractivity contribution in [1.29, 1.82) is 0 Å². The van der Waals surface area contributed by atoms with Crippen molar-refractivity contribution < 1.29 is 14.3 Å². The lowest BCUT2D eigenvalue weighted by atomic mass is 10.0. The Hall–Kier alpha value is -6.14. The highest BCUT2D eigenvalue weighted by Crippen LogP contribution is 2.35. The minimum atomic E-state index is -0.338. The smallest absolute Gasteiger partial charge is 0.245 e.